The number of thioether (sulfide) groups is 1. The van der Waals surface area contributed by atoms with Crippen LogP contribution in [0.25, 0.3) is 10.4 Å². The van der Waals surface area contributed by atoms with E-state index < -0.39 is 0 Å². The van der Waals surface area contributed by atoms with Gasteiger partial charge in [0.1, 0.15) is 0 Å². The maximum absolute atomic E-state index is 11.9. The molecular formula is C10H14N6OS2. The lowest BCUT2D eigenvalue weighted by Crippen LogP contribution is -2.24. The predicted molar refractivity (Wildman–Crippen MR) is 75.4 cm³/mol. The minimum absolute atomic E-state index is 0.0290. The molecule has 0 radical (unpaired) electrons. The quantitative estimate of drug-likeness (QED) is 0.265. The van der Waals surface area contributed by atoms with Crippen LogP contribution in [0.1, 0.15) is 19.8 Å². The third-order valence-corrected chi connectivity index (χ3v) is 4.95. The van der Waals surface area contributed by atoms with Gasteiger partial charge in [-0.05, 0) is 17.9 Å². The fraction of sp³-hybridized carbons (Fsp3) is 0.700. The van der Waals surface area contributed by atoms with E-state index >= 15 is 0 Å². The summed E-state index contributed by atoms with van der Waals surface area (Å²) in [6.07, 6.45) is 1.49. The first-order valence-electron chi connectivity index (χ1n) is 6.02. The Balaban J connectivity index is 1.99. The molecule has 1 aliphatic heterocycles. The van der Waals surface area contributed by atoms with Gasteiger partial charge in [-0.2, -0.15) is 0 Å². The first-order chi connectivity index (χ1) is 9.24. The van der Waals surface area contributed by atoms with Crippen LogP contribution < -0.4 is 4.90 Å². The lowest BCUT2D eigenvalue weighted by molar-refractivity contribution is -0.117. The minimum atomic E-state index is 0.0290. The Labute approximate surface area is 119 Å². The number of anilines is 1. The van der Waals surface area contributed by atoms with Crippen LogP contribution in [0.4, 0.5) is 5.13 Å². The SMILES string of the molecule is CCCSc1nnc(N2CC(CN=[N+]=[N-])CC2=O)s1. The van der Waals surface area contributed by atoms with E-state index in [0.717, 1.165) is 16.5 Å². The number of azide groups is 1. The van der Waals surface area contributed by atoms with Gasteiger partial charge in [-0.25, -0.2) is 0 Å². The van der Waals surface area contributed by atoms with Crippen LogP contribution >= 0.6 is 23.1 Å². The van der Waals surface area contributed by atoms with E-state index in [1.165, 1.54) is 11.3 Å². The summed E-state index contributed by atoms with van der Waals surface area (Å²) in [4.78, 5) is 16.3. The number of aromatic nitrogens is 2. The Hall–Kier alpha value is -1.31. The zero-order valence-corrected chi connectivity index (χ0v) is 12.2. The monoisotopic (exact) mass is 298 g/mol. The molecule has 9 heteroatoms. The number of rotatable bonds is 6. The molecule has 1 fully saturated rings. The summed E-state index contributed by atoms with van der Waals surface area (Å²) in [5.74, 6) is 1.11. The van der Waals surface area contributed by atoms with Crippen molar-refractivity contribution < 1.29 is 4.79 Å². The molecule has 19 heavy (non-hydrogen) atoms. The normalized spacial score (nSPS) is 18.7. The van der Waals surface area contributed by atoms with Gasteiger partial charge in [-0.15, -0.1) is 10.2 Å². The molecule has 0 aromatic carbocycles. The number of hydrogen-bond acceptors (Lipinski definition) is 6. The molecule has 2 rings (SSSR count). The Bertz CT molecular complexity index is 498. The summed E-state index contributed by atoms with van der Waals surface area (Å²) in [6, 6.07) is 0. The molecule has 1 saturated heterocycles. The highest BCUT2D eigenvalue weighted by molar-refractivity contribution is 8.01. The zero-order valence-electron chi connectivity index (χ0n) is 10.5. The van der Waals surface area contributed by atoms with Crippen molar-refractivity contribution in [1.29, 1.82) is 0 Å². The van der Waals surface area contributed by atoms with Crippen molar-refractivity contribution in [2.45, 2.75) is 24.1 Å². The standard InChI is InChI=1S/C10H14N6OS2/c1-2-3-18-10-14-13-9(19-10)16-6-7(4-8(16)17)5-12-15-11/h7H,2-6H2,1H3. The van der Waals surface area contributed by atoms with Gasteiger partial charge in [0.15, 0.2) is 4.34 Å². The first-order valence-corrected chi connectivity index (χ1v) is 7.82. The van der Waals surface area contributed by atoms with Crippen molar-refractivity contribution >= 4 is 34.1 Å². The third kappa shape index (κ3) is 3.59. The Morgan fingerprint density at radius 1 is 1.63 bits per heavy atom. The fourth-order valence-electron chi connectivity index (χ4n) is 1.80. The number of nitrogens with zero attached hydrogens (tertiary/aromatic N) is 6. The molecule has 0 saturated carbocycles. The molecule has 1 atom stereocenters. The smallest absolute Gasteiger partial charge is 0.229 e. The molecular weight excluding hydrogens is 284 g/mol. The van der Waals surface area contributed by atoms with E-state index in [2.05, 4.69) is 27.1 Å². The summed E-state index contributed by atoms with van der Waals surface area (Å²) in [5.41, 5.74) is 8.30. The van der Waals surface area contributed by atoms with Crippen LogP contribution in [-0.4, -0.2) is 34.9 Å². The molecule has 0 bridgehead atoms. The van der Waals surface area contributed by atoms with Crippen LogP contribution in [0, 0.1) is 5.92 Å². The van der Waals surface area contributed by atoms with Crippen molar-refractivity contribution in [3.05, 3.63) is 10.4 Å². The second kappa shape index (κ2) is 6.74. The topological polar surface area (TPSA) is 94.8 Å². The van der Waals surface area contributed by atoms with E-state index in [0.29, 0.717) is 24.6 Å². The van der Waals surface area contributed by atoms with Gasteiger partial charge in [0.05, 0.1) is 0 Å². The number of carbonyl (C=O) groups is 1. The first kappa shape index (κ1) is 14.1. The summed E-state index contributed by atoms with van der Waals surface area (Å²) in [7, 11) is 0. The van der Waals surface area contributed by atoms with Gasteiger partial charge in [0, 0.05) is 30.2 Å². The maximum Gasteiger partial charge on any atom is 0.229 e. The minimum Gasteiger partial charge on any atom is -0.286 e. The lowest BCUT2D eigenvalue weighted by atomic mass is 10.1. The predicted octanol–water partition coefficient (Wildman–Crippen LogP) is 2.70. The van der Waals surface area contributed by atoms with Gasteiger partial charge < -0.3 is 0 Å². The van der Waals surface area contributed by atoms with E-state index in [9.17, 15) is 4.79 Å². The van der Waals surface area contributed by atoms with Crippen molar-refractivity contribution in [2.24, 2.45) is 11.0 Å². The third-order valence-electron chi connectivity index (χ3n) is 2.66. The molecule has 0 spiro atoms. The molecule has 1 aromatic rings. The van der Waals surface area contributed by atoms with Crippen LogP contribution in [-0.2, 0) is 4.79 Å². The maximum atomic E-state index is 11.9. The van der Waals surface area contributed by atoms with Gasteiger partial charge in [-0.1, -0.05) is 35.1 Å². The molecule has 7 nitrogen and oxygen atoms in total. The molecule has 102 valence electrons. The number of carbonyl (C=O) groups excluding carboxylic acids is 1. The molecule has 0 aliphatic carbocycles. The van der Waals surface area contributed by atoms with E-state index in [1.54, 1.807) is 16.7 Å². The fourth-order valence-corrected chi connectivity index (χ4v) is 3.59. The van der Waals surface area contributed by atoms with Gasteiger partial charge in [0.2, 0.25) is 11.0 Å². The van der Waals surface area contributed by atoms with Crippen LogP contribution in [0.2, 0.25) is 0 Å². The number of hydrogen-bond donors (Lipinski definition) is 0. The van der Waals surface area contributed by atoms with Crippen molar-refractivity contribution in [3.63, 3.8) is 0 Å². The van der Waals surface area contributed by atoms with Gasteiger partial charge in [0.25, 0.3) is 0 Å². The van der Waals surface area contributed by atoms with Crippen LogP contribution in [0.3, 0.4) is 0 Å². The summed E-state index contributed by atoms with van der Waals surface area (Å²) in [5, 5.41) is 12.3. The largest absolute Gasteiger partial charge is 0.286 e. The average molecular weight is 298 g/mol. The average Bonchev–Trinajstić information content (AvgIpc) is 3.00. The summed E-state index contributed by atoms with van der Waals surface area (Å²) >= 11 is 3.10. The second-order valence-corrected chi connectivity index (χ2v) is 6.48. The molecule has 0 N–H and O–H groups in total. The van der Waals surface area contributed by atoms with Crippen molar-refractivity contribution in [3.8, 4) is 0 Å². The Morgan fingerprint density at radius 3 is 3.21 bits per heavy atom. The molecule has 1 unspecified atom stereocenters. The lowest BCUT2D eigenvalue weighted by Gasteiger charge is -2.10. The van der Waals surface area contributed by atoms with Crippen LogP contribution in [0.15, 0.2) is 9.45 Å². The van der Waals surface area contributed by atoms with Crippen LogP contribution in [0.5, 0.6) is 0 Å². The second-order valence-electron chi connectivity index (χ2n) is 4.19. The Morgan fingerprint density at radius 2 is 2.47 bits per heavy atom. The van der Waals surface area contributed by atoms with Crippen molar-refractivity contribution in [1.82, 2.24) is 10.2 Å². The van der Waals surface area contributed by atoms with Gasteiger partial charge in [-0.3, -0.25) is 9.69 Å². The molecule has 2 heterocycles. The van der Waals surface area contributed by atoms with Gasteiger partial charge >= 0.3 is 0 Å². The summed E-state index contributed by atoms with van der Waals surface area (Å²) < 4.78 is 0.892. The number of amides is 1. The van der Waals surface area contributed by atoms with E-state index in [1.807, 2.05) is 0 Å². The van der Waals surface area contributed by atoms with E-state index in [4.69, 9.17) is 5.53 Å². The summed E-state index contributed by atoms with van der Waals surface area (Å²) in [6.45, 7) is 3.03. The molecule has 1 aliphatic rings. The zero-order chi connectivity index (χ0) is 13.7. The molecule has 1 amide bonds. The van der Waals surface area contributed by atoms with E-state index in [-0.39, 0.29) is 11.8 Å². The highest BCUT2D eigenvalue weighted by atomic mass is 32.2. The Kier molecular flexibility index (Phi) is 5.00. The highest BCUT2D eigenvalue weighted by Gasteiger charge is 2.32. The van der Waals surface area contributed by atoms with Crippen molar-refractivity contribution in [2.75, 3.05) is 23.7 Å². The highest BCUT2D eigenvalue weighted by Crippen LogP contribution is 2.32. The molecule has 1 aromatic heterocycles.